The van der Waals surface area contributed by atoms with E-state index in [1.54, 1.807) is 0 Å². The van der Waals surface area contributed by atoms with Gasteiger partial charge >= 0.3 is 0 Å². The molecule has 1 saturated heterocycles. The first-order valence-corrected chi connectivity index (χ1v) is 7.22. The minimum absolute atomic E-state index is 0.171. The zero-order chi connectivity index (χ0) is 12.9. The van der Waals surface area contributed by atoms with E-state index in [0.717, 1.165) is 32.5 Å². The molecule has 0 aliphatic carbocycles. The molecular formula is C14H30N2O. The second-order valence-corrected chi connectivity index (χ2v) is 5.32. The maximum atomic E-state index is 6.02. The van der Waals surface area contributed by atoms with Crippen molar-refractivity contribution in [2.75, 3.05) is 19.6 Å². The Balaban J connectivity index is 2.62. The van der Waals surface area contributed by atoms with Gasteiger partial charge in [-0.15, -0.1) is 0 Å². The molecule has 1 rings (SSSR count). The highest BCUT2D eigenvalue weighted by atomic mass is 16.5. The van der Waals surface area contributed by atoms with Crippen LogP contribution in [0.15, 0.2) is 0 Å². The zero-order valence-electron chi connectivity index (χ0n) is 12.0. The molecule has 0 radical (unpaired) electrons. The van der Waals surface area contributed by atoms with Gasteiger partial charge < -0.3 is 10.5 Å². The summed E-state index contributed by atoms with van der Waals surface area (Å²) in [5, 5.41) is 0. The number of rotatable bonds is 7. The number of nitrogens with two attached hydrogens (primary N) is 1. The van der Waals surface area contributed by atoms with Crippen molar-refractivity contribution in [2.45, 2.75) is 71.1 Å². The van der Waals surface area contributed by atoms with Crippen molar-refractivity contribution < 1.29 is 4.74 Å². The molecule has 1 fully saturated rings. The van der Waals surface area contributed by atoms with Crippen LogP contribution in [0.4, 0.5) is 0 Å². The molecule has 1 heterocycles. The number of ether oxygens (including phenoxy) is 1. The Bertz CT molecular complexity index is 208. The molecule has 0 amide bonds. The van der Waals surface area contributed by atoms with Crippen molar-refractivity contribution >= 4 is 0 Å². The van der Waals surface area contributed by atoms with Crippen molar-refractivity contribution in [2.24, 2.45) is 5.73 Å². The van der Waals surface area contributed by atoms with E-state index >= 15 is 0 Å². The predicted octanol–water partition coefficient (Wildman–Crippen LogP) is 2.39. The Labute approximate surface area is 107 Å². The SMILES string of the molecule is CCN(CC1CCC(C)O1)C(CC)(CC)CN. The number of hydrogen-bond acceptors (Lipinski definition) is 3. The molecule has 3 nitrogen and oxygen atoms in total. The van der Waals surface area contributed by atoms with E-state index in [0.29, 0.717) is 12.2 Å². The second-order valence-electron chi connectivity index (χ2n) is 5.32. The van der Waals surface area contributed by atoms with Gasteiger partial charge in [0, 0.05) is 18.6 Å². The van der Waals surface area contributed by atoms with Crippen LogP contribution in [0.5, 0.6) is 0 Å². The molecule has 0 spiro atoms. The molecule has 2 atom stereocenters. The molecule has 3 heteroatoms. The van der Waals surface area contributed by atoms with Crippen molar-refractivity contribution in [1.82, 2.24) is 4.90 Å². The summed E-state index contributed by atoms with van der Waals surface area (Å²) in [6.45, 7) is 11.7. The van der Waals surface area contributed by atoms with E-state index in [-0.39, 0.29) is 5.54 Å². The van der Waals surface area contributed by atoms with Crippen molar-refractivity contribution in [1.29, 1.82) is 0 Å². The van der Waals surface area contributed by atoms with Crippen molar-refractivity contribution in [3.63, 3.8) is 0 Å². The highest BCUT2D eigenvalue weighted by molar-refractivity contribution is 4.91. The van der Waals surface area contributed by atoms with Gasteiger partial charge in [-0.05, 0) is 39.2 Å². The maximum Gasteiger partial charge on any atom is 0.0706 e. The van der Waals surface area contributed by atoms with E-state index in [1.807, 2.05) is 0 Å². The molecule has 17 heavy (non-hydrogen) atoms. The van der Waals surface area contributed by atoms with Crippen LogP contribution in [0.2, 0.25) is 0 Å². The summed E-state index contributed by atoms with van der Waals surface area (Å²) in [7, 11) is 0. The average molecular weight is 242 g/mol. The molecule has 0 saturated carbocycles. The molecule has 0 aromatic heterocycles. The first kappa shape index (κ1) is 14.9. The van der Waals surface area contributed by atoms with Gasteiger partial charge in [0.05, 0.1) is 12.2 Å². The Morgan fingerprint density at radius 2 is 1.88 bits per heavy atom. The van der Waals surface area contributed by atoms with Crippen LogP contribution in [-0.4, -0.2) is 42.3 Å². The highest BCUT2D eigenvalue weighted by Gasteiger charge is 2.34. The normalized spacial score (nSPS) is 25.8. The third-order valence-corrected chi connectivity index (χ3v) is 4.49. The zero-order valence-corrected chi connectivity index (χ0v) is 12.0. The highest BCUT2D eigenvalue weighted by Crippen LogP contribution is 2.26. The Morgan fingerprint density at radius 3 is 2.24 bits per heavy atom. The van der Waals surface area contributed by atoms with Crippen LogP contribution >= 0.6 is 0 Å². The van der Waals surface area contributed by atoms with Gasteiger partial charge in [0.15, 0.2) is 0 Å². The fourth-order valence-corrected chi connectivity index (χ4v) is 3.04. The van der Waals surface area contributed by atoms with Crippen LogP contribution in [0.3, 0.4) is 0 Å². The predicted molar refractivity (Wildman–Crippen MR) is 73.2 cm³/mol. The van der Waals surface area contributed by atoms with Gasteiger partial charge in [-0.3, -0.25) is 4.90 Å². The summed E-state index contributed by atoms with van der Waals surface area (Å²) >= 11 is 0. The van der Waals surface area contributed by atoms with Crippen LogP contribution in [0, 0.1) is 0 Å². The van der Waals surface area contributed by atoms with Gasteiger partial charge in [0.1, 0.15) is 0 Å². The van der Waals surface area contributed by atoms with Crippen LogP contribution in [0.1, 0.15) is 53.4 Å². The summed E-state index contributed by atoms with van der Waals surface area (Å²) in [6, 6.07) is 0. The lowest BCUT2D eigenvalue weighted by Gasteiger charge is -2.43. The monoisotopic (exact) mass is 242 g/mol. The third kappa shape index (κ3) is 3.43. The lowest BCUT2D eigenvalue weighted by atomic mass is 9.90. The summed E-state index contributed by atoms with van der Waals surface area (Å²) in [5.74, 6) is 0. The van der Waals surface area contributed by atoms with Crippen LogP contribution in [-0.2, 0) is 4.74 Å². The van der Waals surface area contributed by atoms with E-state index in [9.17, 15) is 0 Å². The number of likely N-dealkylation sites (N-methyl/N-ethyl adjacent to an activating group) is 1. The molecule has 1 aliphatic rings. The quantitative estimate of drug-likeness (QED) is 0.745. The summed E-state index contributed by atoms with van der Waals surface area (Å²) in [4.78, 5) is 2.54. The van der Waals surface area contributed by atoms with E-state index in [1.165, 1.54) is 12.8 Å². The van der Waals surface area contributed by atoms with Gasteiger partial charge in [-0.2, -0.15) is 0 Å². The molecule has 0 bridgehead atoms. The van der Waals surface area contributed by atoms with Gasteiger partial charge in [-0.25, -0.2) is 0 Å². The Hall–Kier alpha value is -0.120. The number of hydrogen-bond donors (Lipinski definition) is 1. The van der Waals surface area contributed by atoms with Gasteiger partial charge in [0.2, 0.25) is 0 Å². The van der Waals surface area contributed by atoms with Crippen molar-refractivity contribution in [3.8, 4) is 0 Å². The minimum Gasteiger partial charge on any atom is -0.374 e. The van der Waals surface area contributed by atoms with Gasteiger partial charge in [0.25, 0.3) is 0 Å². The van der Waals surface area contributed by atoms with Crippen LogP contribution in [0.25, 0.3) is 0 Å². The Morgan fingerprint density at radius 1 is 1.24 bits per heavy atom. The fraction of sp³-hybridized carbons (Fsp3) is 1.00. The minimum atomic E-state index is 0.171. The van der Waals surface area contributed by atoms with E-state index in [2.05, 4.69) is 32.6 Å². The standard InChI is InChI=1S/C14H30N2O/c1-5-14(6-2,11-15)16(7-3)10-13-9-8-12(4)17-13/h12-13H,5-11,15H2,1-4H3. The third-order valence-electron chi connectivity index (χ3n) is 4.49. The molecule has 2 unspecified atom stereocenters. The van der Waals surface area contributed by atoms with Gasteiger partial charge in [-0.1, -0.05) is 20.8 Å². The lowest BCUT2D eigenvalue weighted by Crippen LogP contribution is -2.55. The molecular weight excluding hydrogens is 212 g/mol. The summed E-state index contributed by atoms with van der Waals surface area (Å²) < 4.78 is 5.94. The van der Waals surface area contributed by atoms with Crippen molar-refractivity contribution in [3.05, 3.63) is 0 Å². The van der Waals surface area contributed by atoms with E-state index in [4.69, 9.17) is 10.5 Å². The molecule has 2 N–H and O–H groups in total. The topological polar surface area (TPSA) is 38.5 Å². The molecule has 102 valence electrons. The largest absolute Gasteiger partial charge is 0.374 e. The van der Waals surface area contributed by atoms with Crippen LogP contribution < -0.4 is 5.73 Å². The molecule has 1 aliphatic heterocycles. The summed E-state index contributed by atoms with van der Waals surface area (Å²) in [5.41, 5.74) is 6.19. The lowest BCUT2D eigenvalue weighted by molar-refractivity contribution is -0.00260. The Kier molecular flexibility index (Phi) is 5.90. The smallest absolute Gasteiger partial charge is 0.0706 e. The van der Waals surface area contributed by atoms with E-state index < -0.39 is 0 Å². The second kappa shape index (κ2) is 6.72. The first-order chi connectivity index (χ1) is 8.11. The molecule has 0 aromatic rings. The molecule has 0 aromatic carbocycles. The first-order valence-electron chi connectivity index (χ1n) is 7.22. The summed E-state index contributed by atoms with van der Waals surface area (Å²) in [6.07, 6.45) is 5.50. The number of nitrogens with zero attached hydrogens (tertiary/aromatic N) is 1. The average Bonchev–Trinajstić information content (AvgIpc) is 2.76. The fourth-order valence-electron chi connectivity index (χ4n) is 3.04. The maximum absolute atomic E-state index is 6.02.